The third-order valence-corrected chi connectivity index (χ3v) is 4.79. The Balaban J connectivity index is 1.71. The van der Waals surface area contributed by atoms with E-state index < -0.39 is 24.5 Å². The number of nitrogens with zero attached hydrogens (tertiary/aromatic N) is 5. The SMILES string of the molecule is OC[C@@H]1O[C@H](n2cnc3c(N4CCCCC4)ncnc32)[C@@H](O)[C@H]1O. The molecule has 0 spiro atoms. The molecule has 3 N–H and O–H groups in total. The van der Waals surface area contributed by atoms with Gasteiger partial charge in [-0.15, -0.1) is 0 Å². The Labute approximate surface area is 138 Å². The van der Waals surface area contributed by atoms with Gasteiger partial charge in [0, 0.05) is 13.1 Å². The zero-order valence-corrected chi connectivity index (χ0v) is 13.2. The smallest absolute Gasteiger partial charge is 0.167 e. The van der Waals surface area contributed by atoms with Crippen molar-refractivity contribution >= 4 is 17.0 Å². The first-order valence-corrected chi connectivity index (χ1v) is 8.25. The van der Waals surface area contributed by atoms with Crippen molar-refractivity contribution in [2.75, 3.05) is 24.6 Å². The molecule has 0 aromatic carbocycles. The highest BCUT2D eigenvalue weighted by Gasteiger charge is 2.44. The van der Waals surface area contributed by atoms with Crippen LogP contribution in [0.1, 0.15) is 25.5 Å². The fourth-order valence-corrected chi connectivity index (χ4v) is 3.47. The van der Waals surface area contributed by atoms with E-state index in [1.165, 1.54) is 19.1 Å². The lowest BCUT2D eigenvalue weighted by atomic mass is 10.1. The van der Waals surface area contributed by atoms with Gasteiger partial charge >= 0.3 is 0 Å². The van der Waals surface area contributed by atoms with Gasteiger partial charge in [0.25, 0.3) is 0 Å². The Morgan fingerprint density at radius 2 is 1.88 bits per heavy atom. The highest BCUT2D eigenvalue weighted by Crippen LogP contribution is 2.33. The van der Waals surface area contributed by atoms with E-state index in [1.54, 1.807) is 4.57 Å². The first kappa shape index (κ1) is 15.7. The van der Waals surface area contributed by atoms with Crippen LogP contribution in [0, 0.1) is 0 Å². The summed E-state index contributed by atoms with van der Waals surface area (Å²) in [5.74, 6) is 0.783. The predicted molar refractivity (Wildman–Crippen MR) is 84.4 cm³/mol. The predicted octanol–water partition coefficient (Wildman–Crippen LogP) is -0.572. The van der Waals surface area contributed by atoms with Crippen molar-refractivity contribution in [2.45, 2.75) is 43.8 Å². The maximum absolute atomic E-state index is 10.2. The number of aliphatic hydroxyl groups excluding tert-OH is 3. The Hall–Kier alpha value is -1.81. The third-order valence-electron chi connectivity index (χ3n) is 4.79. The maximum Gasteiger partial charge on any atom is 0.167 e. The molecule has 2 saturated heterocycles. The van der Waals surface area contributed by atoms with Crippen LogP contribution < -0.4 is 4.90 Å². The summed E-state index contributed by atoms with van der Waals surface area (Å²) in [5.41, 5.74) is 1.19. The molecule has 9 nitrogen and oxygen atoms in total. The molecule has 130 valence electrons. The molecule has 2 aromatic rings. The Kier molecular flexibility index (Phi) is 4.09. The summed E-state index contributed by atoms with van der Waals surface area (Å²) in [6.07, 6.45) is 2.51. The quantitative estimate of drug-likeness (QED) is 0.683. The van der Waals surface area contributed by atoms with Gasteiger partial charge in [-0.3, -0.25) is 4.57 Å². The number of anilines is 1. The topological polar surface area (TPSA) is 117 Å². The molecule has 0 bridgehead atoms. The number of ether oxygens (including phenoxy) is 1. The number of rotatable bonds is 3. The van der Waals surface area contributed by atoms with Crippen molar-refractivity contribution in [1.29, 1.82) is 0 Å². The van der Waals surface area contributed by atoms with Crippen LogP contribution >= 0.6 is 0 Å². The number of hydrogen-bond donors (Lipinski definition) is 3. The maximum atomic E-state index is 10.2. The second-order valence-electron chi connectivity index (χ2n) is 6.30. The van der Waals surface area contributed by atoms with Crippen molar-refractivity contribution in [3.63, 3.8) is 0 Å². The van der Waals surface area contributed by atoms with Gasteiger partial charge in [-0.1, -0.05) is 0 Å². The largest absolute Gasteiger partial charge is 0.394 e. The van der Waals surface area contributed by atoms with Crippen LogP contribution in [-0.4, -0.2) is 72.8 Å². The van der Waals surface area contributed by atoms with E-state index in [0.717, 1.165) is 31.7 Å². The van der Waals surface area contributed by atoms with E-state index in [0.29, 0.717) is 11.2 Å². The lowest BCUT2D eigenvalue weighted by Gasteiger charge is -2.27. The number of aromatic nitrogens is 4. The van der Waals surface area contributed by atoms with Gasteiger partial charge in [0.2, 0.25) is 0 Å². The molecule has 0 amide bonds. The summed E-state index contributed by atoms with van der Waals surface area (Å²) < 4.78 is 7.16. The molecule has 0 saturated carbocycles. The molecule has 2 aromatic heterocycles. The van der Waals surface area contributed by atoms with Crippen LogP contribution in [0.3, 0.4) is 0 Å². The number of fused-ring (bicyclic) bond motifs is 1. The van der Waals surface area contributed by atoms with E-state index in [4.69, 9.17) is 4.74 Å². The van der Waals surface area contributed by atoms with Crippen LogP contribution in [-0.2, 0) is 4.74 Å². The first-order chi connectivity index (χ1) is 11.7. The van der Waals surface area contributed by atoms with Gasteiger partial charge in [0.15, 0.2) is 23.2 Å². The molecular formula is C15H21N5O4. The Morgan fingerprint density at radius 3 is 2.58 bits per heavy atom. The van der Waals surface area contributed by atoms with Gasteiger partial charge in [0.1, 0.15) is 24.6 Å². The second-order valence-corrected chi connectivity index (χ2v) is 6.30. The average Bonchev–Trinajstić information content (AvgIpc) is 3.17. The van der Waals surface area contributed by atoms with Crippen LogP contribution in [0.25, 0.3) is 11.2 Å². The number of aliphatic hydroxyl groups is 3. The Bertz CT molecular complexity index is 717. The summed E-state index contributed by atoms with van der Waals surface area (Å²) in [5, 5.41) is 29.4. The van der Waals surface area contributed by atoms with E-state index in [2.05, 4.69) is 19.9 Å². The minimum Gasteiger partial charge on any atom is -0.394 e. The number of piperidine rings is 1. The minimum absolute atomic E-state index is 0.366. The summed E-state index contributed by atoms with van der Waals surface area (Å²) in [6, 6.07) is 0. The lowest BCUT2D eigenvalue weighted by molar-refractivity contribution is -0.0511. The number of imidazole rings is 1. The zero-order chi connectivity index (χ0) is 16.7. The molecular weight excluding hydrogens is 314 g/mol. The van der Waals surface area contributed by atoms with Crippen molar-refractivity contribution < 1.29 is 20.1 Å². The normalized spacial score (nSPS) is 31.0. The van der Waals surface area contributed by atoms with E-state index in [-0.39, 0.29) is 6.61 Å². The fraction of sp³-hybridized carbons (Fsp3) is 0.667. The van der Waals surface area contributed by atoms with Crippen molar-refractivity contribution in [3.05, 3.63) is 12.7 Å². The summed E-state index contributed by atoms with van der Waals surface area (Å²) >= 11 is 0. The van der Waals surface area contributed by atoms with E-state index in [1.807, 2.05) is 0 Å². The van der Waals surface area contributed by atoms with Gasteiger partial charge in [-0.2, -0.15) is 0 Å². The van der Waals surface area contributed by atoms with Crippen LogP contribution in [0.15, 0.2) is 12.7 Å². The first-order valence-electron chi connectivity index (χ1n) is 8.25. The summed E-state index contributed by atoms with van der Waals surface area (Å²) in [7, 11) is 0. The van der Waals surface area contributed by atoms with Gasteiger partial charge in [0.05, 0.1) is 12.9 Å². The third kappa shape index (κ3) is 2.44. The van der Waals surface area contributed by atoms with Crippen molar-refractivity contribution in [3.8, 4) is 0 Å². The van der Waals surface area contributed by atoms with Crippen LogP contribution in [0.4, 0.5) is 5.82 Å². The molecule has 2 aliphatic rings. The van der Waals surface area contributed by atoms with Gasteiger partial charge in [-0.25, -0.2) is 15.0 Å². The zero-order valence-electron chi connectivity index (χ0n) is 13.2. The molecule has 0 aliphatic carbocycles. The molecule has 24 heavy (non-hydrogen) atoms. The van der Waals surface area contributed by atoms with Crippen LogP contribution in [0.2, 0.25) is 0 Å². The van der Waals surface area contributed by atoms with E-state index >= 15 is 0 Å². The highest BCUT2D eigenvalue weighted by atomic mass is 16.6. The van der Waals surface area contributed by atoms with Crippen LogP contribution in [0.5, 0.6) is 0 Å². The molecule has 4 atom stereocenters. The standard InChI is InChI=1S/C15H21N5O4/c21-6-9-11(22)12(23)15(24-9)20-8-18-10-13(16-7-17-14(10)20)19-4-2-1-3-5-19/h7-9,11-12,15,21-23H,1-6H2/t9-,11-,12-,15-/m0/s1. The molecule has 4 heterocycles. The highest BCUT2D eigenvalue weighted by molar-refractivity contribution is 5.83. The second kappa shape index (κ2) is 6.25. The van der Waals surface area contributed by atoms with Gasteiger partial charge < -0.3 is 25.0 Å². The molecule has 0 unspecified atom stereocenters. The summed E-state index contributed by atoms with van der Waals surface area (Å²) in [6.45, 7) is 1.51. The molecule has 9 heteroatoms. The fourth-order valence-electron chi connectivity index (χ4n) is 3.47. The molecule has 0 radical (unpaired) electrons. The van der Waals surface area contributed by atoms with E-state index in [9.17, 15) is 15.3 Å². The Morgan fingerprint density at radius 1 is 1.08 bits per heavy atom. The molecule has 2 fully saturated rings. The lowest BCUT2D eigenvalue weighted by Crippen LogP contribution is -2.33. The van der Waals surface area contributed by atoms with Gasteiger partial charge in [-0.05, 0) is 19.3 Å². The minimum atomic E-state index is -1.16. The monoisotopic (exact) mass is 335 g/mol. The van der Waals surface area contributed by atoms with Crippen molar-refractivity contribution in [1.82, 2.24) is 19.5 Å². The molecule has 2 aliphatic heterocycles. The summed E-state index contributed by atoms with van der Waals surface area (Å²) in [4.78, 5) is 15.3. The number of hydrogen-bond acceptors (Lipinski definition) is 8. The molecule has 4 rings (SSSR count). The average molecular weight is 335 g/mol. The van der Waals surface area contributed by atoms with Crippen molar-refractivity contribution in [2.24, 2.45) is 0 Å².